The lowest BCUT2D eigenvalue weighted by Crippen LogP contribution is -2.09. The lowest BCUT2D eigenvalue weighted by molar-refractivity contribution is 0.0455. The van der Waals surface area contributed by atoms with E-state index in [0.29, 0.717) is 23.0 Å². The Morgan fingerprint density at radius 2 is 1.85 bits per heavy atom. The van der Waals surface area contributed by atoms with E-state index in [-0.39, 0.29) is 19.0 Å². The zero-order chi connectivity index (χ0) is 22.8. The van der Waals surface area contributed by atoms with Gasteiger partial charge < -0.3 is 18.5 Å². The van der Waals surface area contributed by atoms with Gasteiger partial charge in [0.25, 0.3) is 5.89 Å². The van der Waals surface area contributed by atoms with Gasteiger partial charge in [0.05, 0.1) is 16.8 Å². The van der Waals surface area contributed by atoms with Crippen molar-refractivity contribution in [3.05, 3.63) is 81.6 Å². The highest BCUT2D eigenvalue weighted by Gasteiger charge is 2.19. The molecule has 5 rings (SSSR count). The van der Waals surface area contributed by atoms with Gasteiger partial charge in [0.15, 0.2) is 6.61 Å². The Morgan fingerprint density at radius 3 is 2.58 bits per heavy atom. The van der Waals surface area contributed by atoms with Crippen LogP contribution in [-0.4, -0.2) is 21.3 Å². The van der Waals surface area contributed by atoms with Crippen molar-refractivity contribution in [2.24, 2.45) is 0 Å². The standard InChI is InChI=1S/C24H19N3O5S/c1-14-20(15(2)31-26-14)11-29-21-10-17-6-4-3-5-16(17)9-19(21)24(28)30-12-22-25-23(32-27-22)18-7-8-33-13-18/h3-10,13H,11-12H2,1-2H3. The van der Waals surface area contributed by atoms with Gasteiger partial charge in [-0.1, -0.05) is 34.6 Å². The van der Waals surface area contributed by atoms with E-state index < -0.39 is 5.97 Å². The van der Waals surface area contributed by atoms with Gasteiger partial charge in [-0.2, -0.15) is 16.3 Å². The molecule has 3 aromatic heterocycles. The van der Waals surface area contributed by atoms with Gasteiger partial charge >= 0.3 is 5.97 Å². The van der Waals surface area contributed by atoms with E-state index in [1.807, 2.05) is 61.0 Å². The average molecular weight is 461 g/mol. The Bertz CT molecular complexity index is 1400. The van der Waals surface area contributed by atoms with Crippen LogP contribution < -0.4 is 4.74 Å². The molecule has 9 heteroatoms. The van der Waals surface area contributed by atoms with Crippen molar-refractivity contribution < 1.29 is 23.3 Å². The molecule has 0 fully saturated rings. The number of benzene rings is 2. The Hall–Kier alpha value is -3.98. The molecule has 5 aromatic rings. The molecule has 3 heterocycles. The van der Waals surface area contributed by atoms with Gasteiger partial charge in [-0.15, -0.1) is 0 Å². The Balaban J connectivity index is 1.37. The van der Waals surface area contributed by atoms with Crippen LogP contribution in [0.3, 0.4) is 0 Å². The van der Waals surface area contributed by atoms with Crippen LogP contribution >= 0.6 is 11.3 Å². The second kappa shape index (κ2) is 8.87. The number of nitrogens with zero attached hydrogens (tertiary/aromatic N) is 3. The fourth-order valence-corrected chi connectivity index (χ4v) is 4.01. The highest BCUT2D eigenvalue weighted by atomic mass is 32.1. The zero-order valence-corrected chi connectivity index (χ0v) is 18.7. The first-order valence-corrected chi connectivity index (χ1v) is 11.1. The maximum Gasteiger partial charge on any atom is 0.342 e. The summed E-state index contributed by atoms with van der Waals surface area (Å²) in [4.78, 5) is 17.3. The monoisotopic (exact) mass is 461 g/mol. The van der Waals surface area contributed by atoms with E-state index in [0.717, 1.165) is 27.6 Å². The van der Waals surface area contributed by atoms with Crippen LogP contribution in [0.1, 0.15) is 33.2 Å². The van der Waals surface area contributed by atoms with E-state index >= 15 is 0 Å². The molecule has 0 radical (unpaired) electrons. The maximum atomic E-state index is 13.0. The molecule has 0 spiro atoms. The van der Waals surface area contributed by atoms with Crippen molar-refractivity contribution >= 4 is 28.1 Å². The minimum absolute atomic E-state index is 0.122. The Morgan fingerprint density at radius 1 is 1.03 bits per heavy atom. The highest BCUT2D eigenvalue weighted by molar-refractivity contribution is 7.08. The van der Waals surface area contributed by atoms with Crippen molar-refractivity contribution in [1.82, 2.24) is 15.3 Å². The molecule has 0 saturated carbocycles. The summed E-state index contributed by atoms with van der Waals surface area (Å²) in [5, 5.41) is 13.5. The molecule has 0 atom stereocenters. The second-order valence-electron chi connectivity index (χ2n) is 7.39. The Labute approximate surface area is 192 Å². The van der Waals surface area contributed by atoms with Crippen LogP contribution in [0.4, 0.5) is 0 Å². The number of hydrogen-bond acceptors (Lipinski definition) is 9. The molecule has 0 bridgehead atoms. The van der Waals surface area contributed by atoms with Gasteiger partial charge in [0, 0.05) is 5.38 Å². The number of carbonyl (C=O) groups is 1. The number of carbonyl (C=O) groups excluding carboxylic acids is 1. The van der Waals surface area contributed by atoms with Crippen LogP contribution in [0, 0.1) is 13.8 Å². The van der Waals surface area contributed by atoms with E-state index in [1.54, 1.807) is 6.07 Å². The predicted molar refractivity (Wildman–Crippen MR) is 121 cm³/mol. The Kier molecular flexibility index (Phi) is 5.62. The third kappa shape index (κ3) is 4.35. The first-order valence-electron chi connectivity index (χ1n) is 10.2. The molecule has 0 aliphatic heterocycles. The van der Waals surface area contributed by atoms with Gasteiger partial charge in [-0.25, -0.2) is 4.79 Å². The quantitative estimate of drug-likeness (QED) is 0.293. The summed E-state index contributed by atoms with van der Waals surface area (Å²) in [5.41, 5.74) is 2.72. The van der Waals surface area contributed by atoms with Gasteiger partial charge in [-0.3, -0.25) is 0 Å². The first-order chi connectivity index (χ1) is 16.1. The highest BCUT2D eigenvalue weighted by Crippen LogP contribution is 2.29. The van der Waals surface area contributed by atoms with Crippen LogP contribution in [0.5, 0.6) is 5.75 Å². The fraction of sp³-hybridized carbons (Fsp3) is 0.167. The SMILES string of the molecule is Cc1noc(C)c1COc1cc2ccccc2cc1C(=O)OCc1noc(-c2ccsc2)n1. The lowest BCUT2D eigenvalue weighted by Gasteiger charge is -2.12. The number of thiophene rings is 1. The molecule has 0 aliphatic rings. The zero-order valence-electron chi connectivity index (χ0n) is 17.9. The number of ether oxygens (including phenoxy) is 2. The minimum atomic E-state index is -0.545. The van der Waals surface area contributed by atoms with Crippen molar-refractivity contribution in [3.8, 4) is 17.2 Å². The normalized spacial score (nSPS) is 11.1. The lowest BCUT2D eigenvalue weighted by atomic mass is 10.1. The van der Waals surface area contributed by atoms with Gasteiger partial charge in [-0.05, 0) is 48.2 Å². The number of fused-ring (bicyclic) bond motifs is 1. The molecule has 2 aromatic carbocycles. The number of hydrogen-bond donors (Lipinski definition) is 0. The topological polar surface area (TPSA) is 100 Å². The van der Waals surface area contributed by atoms with E-state index in [1.165, 1.54) is 11.3 Å². The van der Waals surface area contributed by atoms with Crippen molar-refractivity contribution in [2.75, 3.05) is 0 Å². The second-order valence-corrected chi connectivity index (χ2v) is 8.17. The summed E-state index contributed by atoms with van der Waals surface area (Å²) in [6.45, 7) is 3.76. The molecule has 166 valence electrons. The van der Waals surface area contributed by atoms with Gasteiger partial charge in [0.1, 0.15) is 23.7 Å². The fourth-order valence-electron chi connectivity index (χ4n) is 3.38. The van der Waals surface area contributed by atoms with Crippen LogP contribution in [-0.2, 0) is 18.0 Å². The van der Waals surface area contributed by atoms with Crippen LogP contribution in [0.25, 0.3) is 22.2 Å². The molecular weight excluding hydrogens is 442 g/mol. The molecule has 0 aliphatic carbocycles. The molecular formula is C24H19N3O5S. The van der Waals surface area contributed by atoms with Crippen molar-refractivity contribution in [2.45, 2.75) is 27.1 Å². The largest absolute Gasteiger partial charge is 0.488 e. The summed E-state index contributed by atoms with van der Waals surface area (Å²) in [5.74, 6) is 1.21. The summed E-state index contributed by atoms with van der Waals surface area (Å²) >= 11 is 1.53. The summed E-state index contributed by atoms with van der Waals surface area (Å²) in [6.07, 6.45) is 0. The third-order valence-electron chi connectivity index (χ3n) is 5.19. The summed E-state index contributed by atoms with van der Waals surface area (Å²) < 4.78 is 22.0. The average Bonchev–Trinajstić information content (AvgIpc) is 3.58. The molecule has 0 unspecified atom stereocenters. The van der Waals surface area contributed by atoms with Crippen LogP contribution in [0.15, 0.2) is 62.3 Å². The predicted octanol–water partition coefficient (Wildman–Crippen LogP) is 5.49. The number of aryl methyl sites for hydroxylation is 2. The summed E-state index contributed by atoms with van der Waals surface area (Å²) in [7, 11) is 0. The van der Waals surface area contributed by atoms with E-state index in [2.05, 4.69) is 15.3 Å². The molecule has 0 saturated heterocycles. The van der Waals surface area contributed by atoms with Crippen molar-refractivity contribution in [1.29, 1.82) is 0 Å². The first kappa shape index (κ1) is 20.9. The molecule has 33 heavy (non-hydrogen) atoms. The van der Waals surface area contributed by atoms with Gasteiger partial charge in [0.2, 0.25) is 5.82 Å². The number of rotatable bonds is 7. The minimum Gasteiger partial charge on any atom is -0.488 e. The summed E-state index contributed by atoms with van der Waals surface area (Å²) in [6, 6.07) is 13.2. The van der Waals surface area contributed by atoms with E-state index in [9.17, 15) is 4.79 Å². The number of aromatic nitrogens is 3. The van der Waals surface area contributed by atoms with Crippen molar-refractivity contribution in [3.63, 3.8) is 0 Å². The molecule has 0 amide bonds. The number of esters is 1. The molecule has 8 nitrogen and oxygen atoms in total. The molecule has 0 N–H and O–H groups in total. The third-order valence-corrected chi connectivity index (χ3v) is 5.87. The maximum absolute atomic E-state index is 13.0. The van der Waals surface area contributed by atoms with E-state index in [4.69, 9.17) is 18.5 Å². The van der Waals surface area contributed by atoms with Crippen LogP contribution in [0.2, 0.25) is 0 Å². The smallest absolute Gasteiger partial charge is 0.342 e.